The Morgan fingerprint density at radius 2 is 1.82 bits per heavy atom. The van der Waals surface area contributed by atoms with Crippen molar-refractivity contribution in [1.82, 2.24) is 9.47 Å². The van der Waals surface area contributed by atoms with E-state index in [0.717, 1.165) is 24.2 Å². The van der Waals surface area contributed by atoms with Gasteiger partial charge >= 0.3 is 12.2 Å². The third-order valence-corrected chi connectivity index (χ3v) is 5.56. The number of ether oxygens (including phenoxy) is 1. The van der Waals surface area contributed by atoms with E-state index in [-0.39, 0.29) is 12.6 Å². The minimum atomic E-state index is -4.39. The largest absolute Gasteiger partial charge is 0.416 e. The Kier molecular flexibility index (Phi) is 8.76. The van der Waals surface area contributed by atoms with Gasteiger partial charge in [0.05, 0.1) is 12.1 Å². The van der Waals surface area contributed by atoms with Gasteiger partial charge in [0.25, 0.3) is 0 Å². The molecule has 182 valence electrons. The summed E-state index contributed by atoms with van der Waals surface area (Å²) in [5, 5.41) is 2.94. The summed E-state index contributed by atoms with van der Waals surface area (Å²) in [6.45, 7) is 3.65. The fraction of sp³-hybridized carbons (Fsp3) is 0.346. The molecular weight excluding hydrogens is 443 g/mol. The number of anilines is 1. The van der Waals surface area contributed by atoms with Crippen LogP contribution in [0.3, 0.4) is 0 Å². The molecule has 0 saturated heterocycles. The molecular formula is C26H30F3N3O2. The minimum Gasteiger partial charge on any atom is -0.385 e. The molecule has 0 atom stereocenters. The van der Waals surface area contributed by atoms with Crippen LogP contribution in [0.5, 0.6) is 0 Å². The topological polar surface area (TPSA) is 46.5 Å². The van der Waals surface area contributed by atoms with E-state index in [2.05, 4.69) is 12.2 Å². The van der Waals surface area contributed by atoms with Gasteiger partial charge in [0, 0.05) is 44.4 Å². The second-order valence-corrected chi connectivity index (χ2v) is 8.07. The van der Waals surface area contributed by atoms with Crippen LogP contribution in [0.2, 0.25) is 0 Å². The van der Waals surface area contributed by atoms with Gasteiger partial charge in [-0.05, 0) is 60.4 Å². The van der Waals surface area contributed by atoms with Crippen molar-refractivity contribution >= 4 is 11.7 Å². The summed E-state index contributed by atoms with van der Waals surface area (Å²) in [7, 11) is 1.61. The molecule has 0 saturated carbocycles. The maximum Gasteiger partial charge on any atom is 0.416 e. The van der Waals surface area contributed by atoms with Gasteiger partial charge in [-0.3, -0.25) is 0 Å². The van der Waals surface area contributed by atoms with E-state index in [4.69, 9.17) is 4.74 Å². The number of nitrogens with zero attached hydrogens (tertiary/aromatic N) is 2. The smallest absolute Gasteiger partial charge is 0.385 e. The van der Waals surface area contributed by atoms with Gasteiger partial charge in [0.15, 0.2) is 0 Å². The van der Waals surface area contributed by atoms with Crippen LogP contribution in [0.1, 0.15) is 35.7 Å². The van der Waals surface area contributed by atoms with Crippen LogP contribution in [0.4, 0.5) is 23.7 Å². The summed E-state index contributed by atoms with van der Waals surface area (Å²) in [6, 6.07) is 16.5. The third-order valence-electron chi connectivity index (χ3n) is 5.56. The van der Waals surface area contributed by atoms with Crippen molar-refractivity contribution in [1.29, 1.82) is 0 Å². The fourth-order valence-electron chi connectivity index (χ4n) is 3.66. The highest BCUT2D eigenvalue weighted by atomic mass is 19.4. The van der Waals surface area contributed by atoms with Crippen LogP contribution >= 0.6 is 0 Å². The Bertz CT molecular complexity index is 1060. The van der Waals surface area contributed by atoms with Crippen molar-refractivity contribution < 1.29 is 22.7 Å². The minimum absolute atomic E-state index is 0.243. The Labute approximate surface area is 198 Å². The number of benzene rings is 2. The number of carbonyl (C=O) groups is 1. The molecule has 0 fully saturated rings. The maximum absolute atomic E-state index is 13.1. The molecule has 2 aromatic carbocycles. The van der Waals surface area contributed by atoms with Crippen LogP contribution in [0.15, 0.2) is 66.9 Å². The first-order valence-corrected chi connectivity index (χ1v) is 11.2. The highest BCUT2D eigenvalue weighted by Crippen LogP contribution is 2.29. The van der Waals surface area contributed by atoms with E-state index < -0.39 is 11.7 Å². The molecule has 3 aromatic rings. The first-order chi connectivity index (χ1) is 16.3. The molecule has 5 nitrogen and oxygen atoms in total. The molecule has 1 heterocycles. The van der Waals surface area contributed by atoms with Gasteiger partial charge < -0.3 is 19.5 Å². The van der Waals surface area contributed by atoms with E-state index in [1.807, 2.05) is 47.2 Å². The number of aryl methyl sites for hydroxylation is 1. The molecule has 3 rings (SSSR count). The van der Waals surface area contributed by atoms with E-state index in [1.165, 1.54) is 11.6 Å². The van der Waals surface area contributed by atoms with E-state index in [0.29, 0.717) is 37.4 Å². The number of urea groups is 1. The molecule has 0 radical (unpaired) electrons. The lowest BCUT2D eigenvalue weighted by atomic mass is 10.1. The number of amides is 2. The molecule has 1 N–H and O–H groups in total. The van der Waals surface area contributed by atoms with Gasteiger partial charge in [0.1, 0.15) is 0 Å². The summed E-state index contributed by atoms with van der Waals surface area (Å²) < 4.78 is 46.3. The average molecular weight is 474 g/mol. The SMILES string of the molecule is CCc1ccc(NC(=O)N(CCCOC)Cc2cccn2Cc2cccc(C(F)(F)F)c2)cc1. The number of carbonyl (C=O) groups excluding carboxylic acids is 1. The molecule has 1 aromatic heterocycles. The Balaban J connectivity index is 1.74. The first-order valence-electron chi connectivity index (χ1n) is 11.2. The number of hydrogen-bond donors (Lipinski definition) is 1. The van der Waals surface area contributed by atoms with E-state index >= 15 is 0 Å². The van der Waals surface area contributed by atoms with Crippen molar-refractivity contribution in [3.63, 3.8) is 0 Å². The van der Waals surface area contributed by atoms with Gasteiger partial charge in [0.2, 0.25) is 0 Å². The lowest BCUT2D eigenvalue weighted by molar-refractivity contribution is -0.137. The number of halogens is 3. The zero-order chi connectivity index (χ0) is 24.6. The monoisotopic (exact) mass is 473 g/mol. The van der Waals surface area contributed by atoms with Crippen molar-refractivity contribution in [2.45, 2.75) is 39.0 Å². The molecule has 0 unspecified atom stereocenters. The van der Waals surface area contributed by atoms with Crippen LogP contribution in [-0.4, -0.2) is 35.8 Å². The molecule has 8 heteroatoms. The molecule has 0 aliphatic carbocycles. The predicted octanol–water partition coefficient (Wildman–Crippen LogP) is 6.19. The summed E-state index contributed by atoms with van der Waals surface area (Å²) in [4.78, 5) is 14.7. The summed E-state index contributed by atoms with van der Waals surface area (Å²) in [5.41, 5.74) is 2.58. The van der Waals surface area contributed by atoms with Crippen molar-refractivity contribution in [3.8, 4) is 0 Å². The molecule has 0 bridgehead atoms. The molecule has 0 aliphatic rings. The Morgan fingerprint density at radius 1 is 1.06 bits per heavy atom. The first kappa shape index (κ1) is 25.4. The highest BCUT2D eigenvalue weighted by Gasteiger charge is 2.30. The quantitative estimate of drug-likeness (QED) is 0.357. The molecule has 2 amide bonds. The standard InChI is InChI=1S/C26H30F3N3O2/c1-3-20-10-12-23(13-11-20)30-25(33)32(15-6-16-34-2)19-24-9-5-14-31(24)18-21-7-4-8-22(17-21)26(27,28)29/h4-5,7-14,17H,3,6,15-16,18-19H2,1-2H3,(H,30,33). The number of nitrogens with one attached hydrogen (secondary N) is 1. The normalized spacial score (nSPS) is 11.4. The predicted molar refractivity (Wildman–Crippen MR) is 127 cm³/mol. The zero-order valence-corrected chi connectivity index (χ0v) is 19.4. The van der Waals surface area contributed by atoms with Crippen molar-refractivity contribution in [2.24, 2.45) is 0 Å². The number of alkyl halides is 3. The number of aromatic nitrogens is 1. The van der Waals surface area contributed by atoms with Crippen LogP contribution in [-0.2, 0) is 30.4 Å². The van der Waals surface area contributed by atoms with Gasteiger partial charge in [-0.1, -0.05) is 31.2 Å². The van der Waals surface area contributed by atoms with Crippen LogP contribution in [0.25, 0.3) is 0 Å². The lowest BCUT2D eigenvalue weighted by Gasteiger charge is -2.24. The summed E-state index contributed by atoms with van der Waals surface area (Å²) in [6.07, 6.45) is -1.00. The van der Waals surface area contributed by atoms with Crippen molar-refractivity contribution in [2.75, 3.05) is 25.6 Å². The third kappa shape index (κ3) is 7.12. The van der Waals surface area contributed by atoms with Gasteiger partial charge in [-0.15, -0.1) is 0 Å². The second-order valence-electron chi connectivity index (χ2n) is 8.07. The zero-order valence-electron chi connectivity index (χ0n) is 19.4. The number of methoxy groups -OCH3 is 1. The van der Waals surface area contributed by atoms with Crippen LogP contribution < -0.4 is 5.32 Å². The summed E-state index contributed by atoms with van der Waals surface area (Å²) in [5.74, 6) is 0. The fourth-order valence-corrected chi connectivity index (χ4v) is 3.66. The molecule has 0 spiro atoms. The van der Waals surface area contributed by atoms with Gasteiger partial charge in [-0.25, -0.2) is 4.79 Å². The average Bonchev–Trinajstić information content (AvgIpc) is 3.25. The maximum atomic E-state index is 13.1. The highest BCUT2D eigenvalue weighted by molar-refractivity contribution is 5.89. The molecule has 0 aliphatic heterocycles. The number of rotatable bonds is 10. The van der Waals surface area contributed by atoms with Crippen molar-refractivity contribution in [3.05, 3.63) is 89.2 Å². The summed E-state index contributed by atoms with van der Waals surface area (Å²) >= 11 is 0. The Morgan fingerprint density at radius 3 is 2.50 bits per heavy atom. The van der Waals surface area contributed by atoms with Gasteiger partial charge in [-0.2, -0.15) is 13.2 Å². The van der Waals surface area contributed by atoms with E-state index in [9.17, 15) is 18.0 Å². The molecule has 34 heavy (non-hydrogen) atoms. The van der Waals surface area contributed by atoms with E-state index in [1.54, 1.807) is 18.1 Å². The lowest BCUT2D eigenvalue weighted by Crippen LogP contribution is -2.36. The Hall–Kier alpha value is -3.26. The number of hydrogen-bond acceptors (Lipinski definition) is 2. The van der Waals surface area contributed by atoms with Crippen LogP contribution in [0, 0.1) is 0 Å². The second kappa shape index (κ2) is 11.7.